The molecule has 0 amide bonds. The Morgan fingerprint density at radius 3 is 2.61 bits per heavy atom. The predicted octanol–water partition coefficient (Wildman–Crippen LogP) is 4.20. The second-order valence-corrected chi connectivity index (χ2v) is 4.65. The summed E-state index contributed by atoms with van der Waals surface area (Å²) in [4.78, 5) is 11.0. The van der Waals surface area contributed by atoms with E-state index >= 15 is 0 Å². The summed E-state index contributed by atoms with van der Waals surface area (Å²) in [5.41, 5.74) is 1.16. The lowest BCUT2D eigenvalue weighted by molar-refractivity contribution is -0.137. The SMILES string of the molecule is CCC[C@H](CC(=O)O)c1cccc2ccccc12. The van der Waals surface area contributed by atoms with Crippen LogP contribution in [0, 0.1) is 0 Å². The fourth-order valence-electron chi connectivity index (χ4n) is 2.53. The van der Waals surface area contributed by atoms with Crippen molar-refractivity contribution in [1.82, 2.24) is 0 Å². The highest BCUT2D eigenvalue weighted by Crippen LogP contribution is 2.31. The third-order valence-corrected chi connectivity index (χ3v) is 3.32. The van der Waals surface area contributed by atoms with E-state index in [0.29, 0.717) is 0 Å². The average molecular weight is 242 g/mol. The van der Waals surface area contributed by atoms with Gasteiger partial charge in [-0.1, -0.05) is 55.8 Å². The van der Waals surface area contributed by atoms with Gasteiger partial charge in [-0.2, -0.15) is 0 Å². The van der Waals surface area contributed by atoms with Crippen LogP contribution < -0.4 is 0 Å². The van der Waals surface area contributed by atoms with Crippen LogP contribution in [0.25, 0.3) is 10.8 Å². The number of fused-ring (bicyclic) bond motifs is 1. The minimum absolute atomic E-state index is 0.110. The van der Waals surface area contributed by atoms with Crippen LogP contribution in [0.3, 0.4) is 0 Å². The molecule has 2 aromatic carbocycles. The van der Waals surface area contributed by atoms with E-state index < -0.39 is 5.97 Å². The van der Waals surface area contributed by atoms with Crippen molar-refractivity contribution in [3.63, 3.8) is 0 Å². The third kappa shape index (κ3) is 2.70. The Labute approximate surface area is 107 Å². The van der Waals surface area contributed by atoms with Gasteiger partial charge in [-0.15, -0.1) is 0 Å². The molecule has 94 valence electrons. The summed E-state index contributed by atoms with van der Waals surface area (Å²) in [5.74, 6) is -0.611. The molecule has 1 N–H and O–H groups in total. The first-order valence-electron chi connectivity index (χ1n) is 6.41. The van der Waals surface area contributed by atoms with E-state index in [-0.39, 0.29) is 12.3 Å². The van der Waals surface area contributed by atoms with Gasteiger partial charge >= 0.3 is 5.97 Å². The molecule has 2 aromatic rings. The lowest BCUT2D eigenvalue weighted by atomic mass is 9.88. The number of carboxylic acids is 1. The van der Waals surface area contributed by atoms with E-state index in [1.807, 2.05) is 18.2 Å². The van der Waals surface area contributed by atoms with Crippen LogP contribution in [0.4, 0.5) is 0 Å². The lowest BCUT2D eigenvalue weighted by Gasteiger charge is -2.16. The topological polar surface area (TPSA) is 37.3 Å². The van der Waals surface area contributed by atoms with Gasteiger partial charge in [-0.05, 0) is 28.7 Å². The molecule has 0 aliphatic rings. The molecule has 0 fully saturated rings. The van der Waals surface area contributed by atoms with Crippen LogP contribution >= 0.6 is 0 Å². The third-order valence-electron chi connectivity index (χ3n) is 3.32. The van der Waals surface area contributed by atoms with E-state index in [2.05, 4.69) is 31.2 Å². The number of carbonyl (C=O) groups is 1. The Morgan fingerprint density at radius 2 is 1.89 bits per heavy atom. The van der Waals surface area contributed by atoms with E-state index in [1.165, 1.54) is 10.8 Å². The first-order valence-corrected chi connectivity index (χ1v) is 6.41. The van der Waals surface area contributed by atoms with Gasteiger partial charge < -0.3 is 5.11 Å². The highest BCUT2D eigenvalue weighted by Gasteiger charge is 2.16. The second-order valence-electron chi connectivity index (χ2n) is 4.65. The molecule has 0 aliphatic carbocycles. The molecular weight excluding hydrogens is 224 g/mol. The fraction of sp³-hybridized carbons (Fsp3) is 0.312. The predicted molar refractivity (Wildman–Crippen MR) is 73.8 cm³/mol. The van der Waals surface area contributed by atoms with Gasteiger partial charge in [0.15, 0.2) is 0 Å². The standard InChI is InChI=1S/C16H18O2/c1-2-6-13(11-16(17)18)15-10-5-8-12-7-3-4-9-14(12)15/h3-5,7-10,13H,2,6,11H2,1H3,(H,17,18)/t13-/m1/s1. The maximum absolute atomic E-state index is 11.0. The molecule has 0 aliphatic heterocycles. The fourth-order valence-corrected chi connectivity index (χ4v) is 2.53. The number of aliphatic carboxylic acids is 1. The van der Waals surface area contributed by atoms with Crippen molar-refractivity contribution in [3.8, 4) is 0 Å². The molecule has 0 radical (unpaired) electrons. The van der Waals surface area contributed by atoms with Crippen LogP contribution in [0.15, 0.2) is 42.5 Å². The largest absolute Gasteiger partial charge is 0.481 e. The molecule has 1 atom stereocenters. The Morgan fingerprint density at radius 1 is 1.17 bits per heavy atom. The van der Waals surface area contributed by atoms with E-state index in [4.69, 9.17) is 5.11 Å². The summed E-state index contributed by atoms with van der Waals surface area (Å²) >= 11 is 0. The number of benzene rings is 2. The summed E-state index contributed by atoms with van der Waals surface area (Å²) in [6, 6.07) is 14.3. The van der Waals surface area contributed by atoms with E-state index in [9.17, 15) is 4.79 Å². The summed E-state index contributed by atoms with van der Waals surface area (Å²) in [6.45, 7) is 2.10. The average Bonchev–Trinajstić information content (AvgIpc) is 2.37. The monoisotopic (exact) mass is 242 g/mol. The zero-order valence-electron chi connectivity index (χ0n) is 10.6. The number of rotatable bonds is 5. The van der Waals surface area contributed by atoms with E-state index in [0.717, 1.165) is 18.4 Å². The van der Waals surface area contributed by atoms with Crippen LogP contribution in [-0.2, 0) is 4.79 Å². The molecule has 18 heavy (non-hydrogen) atoms. The number of hydrogen-bond donors (Lipinski definition) is 1. The Bertz CT molecular complexity index is 540. The van der Waals surface area contributed by atoms with Crippen molar-refractivity contribution < 1.29 is 9.90 Å². The molecule has 0 saturated heterocycles. The Balaban J connectivity index is 2.46. The summed E-state index contributed by atoms with van der Waals surface area (Å²) in [6.07, 6.45) is 2.13. The smallest absolute Gasteiger partial charge is 0.303 e. The summed E-state index contributed by atoms with van der Waals surface area (Å²) < 4.78 is 0. The molecule has 0 spiro atoms. The molecule has 0 unspecified atom stereocenters. The van der Waals surface area contributed by atoms with Gasteiger partial charge in [-0.3, -0.25) is 4.79 Å². The molecule has 2 nitrogen and oxygen atoms in total. The Kier molecular flexibility index (Phi) is 3.98. The van der Waals surface area contributed by atoms with Crippen LogP contribution in [0.2, 0.25) is 0 Å². The first-order chi connectivity index (χ1) is 8.72. The summed E-state index contributed by atoms with van der Waals surface area (Å²) in [7, 11) is 0. The van der Waals surface area contributed by atoms with Gasteiger partial charge in [0.2, 0.25) is 0 Å². The highest BCUT2D eigenvalue weighted by atomic mass is 16.4. The minimum atomic E-state index is -0.721. The van der Waals surface area contributed by atoms with Crippen molar-refractivity contribution >= 4 is 16.7 Å². The normalized spacial score (nSPS) is 12.5. The van der Waals surface area contributed by atoms with Gasteiger partial charge in [0.1, 0.15) is 0 Å². The van der Waals surface area contributed by atoms with Crippen LogP contribution in [0.1, 0.15) is 37.7 Å². The zero-order chi connectivity index (χ0) is 13.0. The molecule has 0 bridgehead atoms. The maximum atomic E-state index is 11.0. The van der Waals surface area contributed by atoms with Gasteiger partial charge in [0.05, 0.1) is 6.42 Å². The van der Waals surface area contributed by atoms with Crippen LogP contribution in [0.5, 0.6) is 0 Å². The first kappa shape index (κ1) is 12.6. The van der Waals surface area contributed by atoms with Gasteiger partial charge in [-0.25, -0.2) is 0 Å². The van der Waals surface area contributed by atoms with Crippen molar-refractivity contribution in [2.24, 2.45) is 0 Å². The molecule has 0 aromatic heterocycles. The molecule has 2 heteroatoms. The van der Waals surface area contributed by atoms with Crippen molar-refractivity contribution in [2.45, 2.75) is 32.1 Å². The summed E-state index contributed by atoms with van der Waals surface area (Å²) in [5, 5.41) is 11.4. The Hall–Kier alpha value is -1.83. The quantitative estimate of drug-likeness (QED) is 0.853. The van der Waals surface area contributed by atoms with Crippen molar-refractivity contribution in [3.05, 3.63) is 48.0 Å². The molecule has 2 rings (SSSR count). The molecule has 0 heterocycles. The van der Waals surface area contributed by atoms with Gasteiger partial charge in [0, 0.05) is 0 Å². The molecular formula is C16H18O2. The van der Waals surface area contributed by atoms with Crippen molar-refractivity contribution in [2.75, 3.05) is 0 Å². The lowest BCUT2D eigenvalue weighted by Crippen LogP contribution is -2.06. The second kappa shape index (κ2) is 5.67. The minimum Gasteiger partial charge on any atom is -0.481 e. The highest BCUT2D eigenvalue weighted by molar-refractivity contribution is 5.86. The maximum Gasteiger partial charge on any atom is 0.303 e. The van der Waals surface area contributed by atoms with Gasteiger partial charge in [0.25, 0.3) is 0 Å². The van der Waals surface area contributed by atoms with E-state index in [1.54, 1.807) is 0 Å². The van der Waals surface area contributed by atoms with Crippen LogP contribution in [-0.4, -0.2) is 11.1 Å². The number of hydrogen-bond acceptors (Lipinski definition) is 1. The molecule has 0 saturated carbocycles. The zero-order valence-corrected chi connectivity index (χ0v) is 10.6. The van der Waals surface area contributed by atoms with Crippen molar-refractivity contribution in [1.29, 1.82) is 0 Å². The number of carboxylic acid groups (broad SMARTS) is 1.